The highest BCUT2D eigenvalue weighted by molar-refractivity contribution is 6.17. The van der Waals surface area contributed by atoms with Crippen LogP contribution in [0.5, 0.6) is 0 Å². The molecule has 0 spiro atoms. The Morgan fingerprint density at radius 1 is 1.55 bits per heavy atom. The average molecular weight is 182 g/mol. The SMILES string of the molecule is CCCCCCl.NCC(=O)O. The minimum atomic E-state index is -0.968. The molecule has 68 valence electrons. The van der Waals surface area contributed by atoms with Crippen molar-refractivity contribution in [3.63, 3.8) is 0 Å². The van der Waals surface area contributed by atoms with Crippen LogP contribution in [0.1, 0.15) is 26.2 Å². The van der Waals surface area contributed by atoms with Crippen molar-refractivity contribution < 1.29 is 9.90 Å². The van der Waals surface area contributed by atoms with E-state index in [1.54, 1.807) is 0 Å². The second-order valence-corrected chi connectivity index (χ2v) is 2.37. The van der Waals surface area contributed by atoms with Gasteiger partial charge < -0.3 is 10.8 Å². The maximum atomic E-state index is 9.24. The molecule has 0 saturated carbocycles. The zero-order valence-corrected chi connectivity index (χ0v) is 7.60. The Morgan fingerprint density at radius 2 is 2.00 bits per heavy atom. The van der Waals surface area contributed by atoms with Gasteiger partial charge in [0.05, 0.1) is 6.54 Å². The molecule has 0 heterocycles. The molecule has 0 aromatic heterocycles. The lowest BCUT2D eigenvalue weighted by molar-refractivity contribution is -0.135. The van der Waals surface area contributed by atoms with Gasteiger partial charge in [0.1, 0.15) is 0 Å². The fourth-order valence-corrected chi connectivity index (χ4v) is 0.533. The van der Waals surface area contributed by atoms with E-state index in [-0.39, 0.29) is 6.54 Å². The van der Waals surface area contributed by atoms with E-state index in [4.69, 9.17) is 16.7 Å². The lowest BCUT2D eigenvalue weighted by Gasteiger charge is -1.84. The van der Waals surface area contributed by atoms with Crippen LogP contribution in [-0.4, -0.2) is 23.5 Å². The van der Waals surface area contributed by atoms with Gasteiger partial charge in [0.2, 0.25) is 0 Å². The summed E-state index contributed by atoms with van der Waals surface area (Å²) < 4.78 is 0. The van der Waals surface area contributed by atoms with Crippen LogP contribution in [0.4, 0.5) is 0 Å². The van der Waals surface area contributed by atoms with E-state index in [0.29, 0.717) is 0 Å². The van der Waals surface area contributed by atoms with E-state index in [0.717, 1.165) is 5.88 Å². The highest BCUT2D eigenvalue weighted by atomic mass is 35.5. The van der Waals surface area contributed by atoms with Crippen molar-refractivity contribution in [2.75, 3.05) is 12.4 Å². The normalized spacial score (nSPS) is 8.27. The highest BCUT2D eigenvalue weighted by Crippen LogP contribution is 1.93. The van der Waals surface area contributed by atoms with Crippen molar-refractivity contribution in [3.8, 4) is 0 Å². The highest BCUT2D eigenvalue weighted by Gasteiger charge is 1.81. The summed E-state index contributed by atoms with van der Waals surface area (Å²) >= 11 is 5.38. The topological polar surface area (TPSA) is 63.3 Å². The van der Waals surface area contributed by atoms with Gasteiger partial charge in [0, 0.05) is 5.88 Å². The Kier molecular flexibility index (Phi) is 15.0. The van der Waals surface area contributed by atoms with Crippen LogP contribution >= 0.6 is 11.6 Å². The molecular weight excluding hydrogens is 166 g/mol. The Balaban J connectivity index is 0. The van der Waals surface area contributed by atoms with Gasteiger partial charge >= 0.3 is 5.97 Å². The standard InChI is InChI=1S/C5H11Cl.C2H5NO2/c1-2-3-4-5-6;3-1-2(4)5/h2-5H2,1H3;1,3H2,(H,4,5). The monoisotopic (exact) mass is 181 g/mol. The molecule has 0 aromatic rings. The minimum absolute atomic E-state index is 0.278. The van der Waals surface area contributed by atoms with Crippen molar-refractivity contribution in [1.29, 1.82) is 0 Å². The first kappa shape index (κ1) is 13.3. The molecule has 0 atom stereocenters. The van der Waals surface area contributed by atoms with E-state index in [9.17, 15) is 4.79 Å². The number of rotatable bonds is 4. The minimum Gasteiger partial charge on any atom is -0.480 e. The molecule has 0 aromatic carbocycles. The first-order valence-corrected chi connectivity index (χ1v) is 4.20. The fraction of sp³-hybridized carbons (Fsp3) is 0.857. The molecule has 3 N–H and O–H groups in total. The summed E-state index contributed by atoms with van der Waals surface area (Å²) in [6, 6.07) is 0. The molecule has 0 rings (SSSR count). The first-order valence-electron chi connectivity index (χ1n) is 3.66. The summed E-state index contributed by atoms with van der Waals surface area (Å²) in [5, 5.41) is 7.60. The third-order valence-corrected chi connectivity index (χ3v) is 1.18. The maximum absolute atomic E-state index is 9.24. The lowest BCUT2D eigenvalue weighted by atomic mass is 10.3. The molecule has 3 nitrogen and oxygen atoms in total. The van der Waals surface area contributed by atoms with Gasteiger partial charge in [-0.05, 0) is 6.42 Å². The number of carboxylic acids is 1. The van der Waals surface area contributed by atoms with E-state index >= 15 is 0 Å². The third-order valence-electron chi connectivity index (χ3n) is 0.912. The van der Waals surface area contributed by atoms with Crippen LogP contribution in [0.2, 0.25) is 0 Å². The number of nitrogens with two attached hydrogens (primary N) is 1. The van der Waals surface area contributed by atoms with Crippen LogP contribution in [-0.2, 0) is 4.79 Å². The molecule has 0 radical (unpaired) electrons. The van der Waals surface area contributed by atoms with Gasteiger partial charge in [-0.3, -0.25) is 4.79 Å². The zero-order valence-electron chi connectivity index (χ0n) is 6.85. The second-order valence-electron chi connectivity index (χ2n) is 1.99. The van der Waals surface area contributed by atoms with E-state index in [1.165, 1.54) is 19.3 Å². The Labute approximate surface area is 72.5 Å². The predicted molar refractivity (Wildman–Crippen MR) is 46.9 cm³/mol. The van der Waals surface area contributed by atoms with Gasteiger partial charge in [0.15, 0.2) is 0 Å². The van der Waals surface area contributed by atoms with Gasteiger partial charge in [-0.15, -0.1) is 11.6 Å². The molecule has 0 unspecified atom stereocenters. The molecule has 0 saturated heterocycles. The number of hydrogen-bond acceptors (Lipinski definition) is 2. The lowest BCUT2D eigenvalue weighted by Crippen LogP contribution is -2.10. The summed E-state index contributed by atoms with van der Waals surface area (Å²) in [6.07, 6.45) is 3.73. The molecule has 0 bridgehead atoms. The number of unbranched alkanes of at least 4 members (excludes halogenated alkanes) is 2. The van der Waals surface area contributed by atoms with Crippen LogP contribution in [0.25, 0.3) is 0 Å². The van der Waals surface area contributed by atoms with Crippen molar-refractivity contribution in [3.05, 3.63) is 0 Å². The molecular formula is C7H16ClNO2. The number of halogens is 1. The van der Waals surface area contributed by atoms with E-state index in [2.05, 4.69) is 12.7 Å². The molecule has 0 aliphatic carbocycles. The van der Waals surface area contributed by atoms with E-state index < -0.39 is 5.97 Å². The Bertz CT molecular complexity index is 84.5. The molecule has 0 fully saturated rings. The molecule has 0 aliphatic heterocycles. The zero-order chi connectivity index (χ0) is 9.11. The van der Waals surface area contributed by atoms with Gasteiger partial charge in [-0.1, -0.05) is 19.8 Å². The number of alkyl halides is 1. The van der Waals surface area contributed by atoms with Crippen LogP contribution in [0.3, 0.4) is 0 Å². The molecule has 11 heavy (non-hydrogen) atoms. The summed E-state index contributed by atoms with van der Waals surface area (Å²) in [4.78, 5) is 9.24. The van der Waals surface area contributed by atoms with Gasteiger partial charge in [0.25, 0.3) is 0 Å². The number of hydrogen-bond donors (Lipinski definition) is 2. The average Bonchev–Trinajstić information content (AvgIpc) is 2.02. The maximum Gasteiger partial charge on any atom is 0.317 e. The summed E-state index contributed by atoms with van der Waals surface area (Å²) in [7, 11) is 0. The second kappa shape index (κ2) is 12.4. The number of carbonyl (C=O) groups is 1. The quantitative estimate of drug-likeness (QED) is 0.510. The predicted octanol–water partition coefficient (Wildman–Crippen LogP) is 1.45. The fourth-order valence-electron chi connectivity index (χ4n) is 0.344. The molecule has 4 heteroatoms. The third kappa shape index (κ3) is 26.0. The summed E-state index contributed by atoms with van der Waals surface area (Å²) in [6.45, 7) is 1.90. The first-order chi connectivity index (χ1) is 5.18. The number of carboxylic acid groups (broad SMARTS) is 1. The van der Waals surface area contributed by atoms with Crippen molar-refractivity contribution in [1.82, 2.24) is 0 Å². The summed E-state index contributed by atoms with van der Waals surface area (Å²) in [5.74, 6) is -0.140. The Morgan fingerprint density at radius 3 is 2.09 bits per heavy atom. The molecule has 0 amide bonds. The Hall–Kier alpha value is -0.280. The van der Waals surface area contributed by atoms with E-state index in [1.807, 2.05) is 0 Å². The van der Waals surface area contributed by atoms with Crippen molar-refractivity contribution >= 4 is 17.6 Å². The van der Waals surface area contributed by atoms with Crippen molar-refractivity contribution in [2.45, 2.75) is 26.2 Å². The van der Waals surface area contributed by atoms with Gasteiger partial charge in [-0.2, -0.15) is 0 Å². The molecule has 0 aliphatic rings. The van der Waals surface area contributed by atoms with Gasteiger partial charge in [-0.25, -0.2) is 0 Å². The van der Waals surface area contributed by atoms with Crippen molar-refractivity contribution in [2.24, 2.45) is 5.73 Å². The van der Waals surface area contributed by atoms with Crippen LogP contribution in [0.15, 0.2) is 0 Å². The number of aliphatic carboxylic acids is 1. The smallest absolute Gasteiger partial charge is 0.317 e. The van der Waals surface area contributed by atoms with Crippen LogP contribution < -0.4 is 5.73 Å². The largest absolute Gasteiger partial charge is 0.480 e. The van der Waals surface area contributed by atoms with Crippen LogP contribution in [0, 0.1) is 0 Å². The summed E-state index contributed by atoms with van der Waals surface area (Å²) in [5.41, 5.74) is 4.57.